The average Bonchev–Trinajstić information content (AvgIpc) is 2.78. The molecule has 20 heavy (non-hydrogen) atoms. The zero-order valence-corrected chi connectivity index (χ0v) is 13.9. The molecular formula is C15H27N3OS. The average molecular weight is 297 g/mol. The summed E-state index contributed by atoms with van der Waals surface area (Å²) in [5.74, 6) is 0. The molecule has 0 aliphatic carbocycles. The van der Waals surface area contributed by atoms with Crippen LogP contribution in [-0.2, 0) is 11.3 Å². The highest BCUT2D eigenvalue weighted by Crippen LogP contribution is 2.28. The molecule has 0 spiro atoms. The molecule has 1 atom stereocenters. The number of hydrogen-bond acceptors (Lipinski definition) is 5. The maximum absolute atomic E-state index is 5.77. The van der Waals surface area contributed by atoms with Crippen LogP contribution in [0.15, 0.2) is 0 Å². The van der Waals surface area contributed by atoms with Gasteiger partial charge in [-0.05, 0) is 26.7 Å². The molecule has 0 aromatic carbocycles. The van der Waals surface area contributed by atoms with E-state index in [1.807, 2.05) is 11.3 Å². The number of hydrogen-bond donors (Lipinski definition) is 1. The standard InChI is InChI=1S/C15H27N3OS/c1-5-19-13-7-6-8-18(10-13)15-17-12(4)14(20-15)9-16-11(2)3/h11,13,16H,5-10H2,1-4H3. The summed E-state index contributed by atoms with van der Waals surface area (Å²) in [4.78, 5) is 8.50. The Morgan fingerprint density at radius 2 is 2.30 bits per heavy atom. The van der Waals surface area contributed by atoms with Gasteiger partial charge < -0.3 is 15.0 Å². The molecule has 1 aromatic rings. The summed E-state index contributed by atoms with van der Waals surface area (Å²) < 4.78 is 5.77. The number of aryl methyl sites for hydroxylation is 1. The highest BCUT2D eigenvalue weighted by molar-refractivity contribution is 7.15. The smallest absolute Gasteiger partial charge is 0.185 e. The lowest BCUT2D eigenvalue weighted by Crippen LogP contribution is -2.39. The van der Waals surface area contributed by atoms with Gasteiger partial charge in [0.15, 0.2) is 5.13 Å². The maximum atomic E-state index is 5.77. The maximum Gasteiger partial charge on any atom is 0.185 e. The van der Waals surface area contributed by atoms with Crippen molar-refractivity contribution >= 4 is 16.5 Å². The van der Waals surface area contributed by atoms with Gasteiger partial charge in [0.25, 0.3) is 0 Å². The van der Waals surface area contributed by atoms with Crippen LogP contribution in [0.5, 0.6) is 0 Å². The van der Waals surface area contributed by atoms with Crippen molar-refractivity contribution in [1.82, 2.24) is 10.3 Å². The van der Waals surface area contributed by atoms with Crippen LogP contribution in [0.25, 0.3) is 0 Å². The second-order valence-corrected chi connectivity index (χ2v) is 6.77. The minimum absolute atomic E-state index is 0.371. The third kappa shape index (κ3) is 4.17. The molecule has 0 radical (unpaired) electrons. The number of anilines is 1. The molecule has 1 saturated heterocycles. The highest BCUT2D eigenvalue weighted by Gasteiger charge is 2.23. The first-order valence-corrected chi connectivity index (χ1v) is 8.48. The molecule has 1 aliphatic heterocycles. The monoisotopic (exact) mass is 297 g/mol. The molecule has 0 amide bonds. The van der Waals surface area contributed by atoms with Gasteiger partial charge in [-0.25, -0.2) is 4.98 Å². The second kappa shape index (κ2) is 7.38. The van der Waals surface area contributed by atoms with Gasteiger partial charge >= 0.3 is 0 Å². The molecule has 0 bridgehead atoms. The summed E-state index contributed by atoms with van der Waals surface area (Å²) in [6, 6.07) is 0.511. The topological polar surface area (TPSA) is 37.4 Å². The molecule has 5 heteroatoms. The van der Waals surface area contributed by atoms with E-state index in [1.165, 1.54) is 17.7 Å². The van der Waals surface area contributed by atoms with Gasteiger partial charge in [0.1, 0.15) is 0 Å². The molecule has 4 nitrogen and oxygen atoms in total. The molecular weight excluding hydrogens is 270 g/mol. The molecule has 114 valence electrons. The Morgan fingerprint density at radius 3 is 3.00 bits per heavy atom. The summed E-state index contributed by atoms with van der Waals surface area (Å²) in [6.07, 6.45) is 2.74. The van der Waals surface area contributed by atoms with Crippen molar-refractivity contribution < 1.29 is 4.74 Å². The van der Waals surface area contributed by atoms with Crippen molar-refractivity contribution in [2.45, 2.75) is 59.2 Å². The van der Waals surface area contributed by atoms with Gasteiger partial charge in [-0.15, -0.1) is 11.3 Å². The Morgan fingerprint density at radius 1 is 1.50 bits per heavy atom. The lowest BCUT2D eigenvalue weighted by Gasteiger charge is -2.32. The Labute approximate surface area is 126 Å². The molecule has 1 N–H and O–H groups in total. The molecule has 2 heterocycles. The van der Waals surface area contributed by atoms with Crippen LogP contribution in [0.1, 0.15) is 44.2 Å². The predicted octanol–water partition coefficient (Wildman–Crippen LogP) is 2.95. The molecule has 1 aliphatic rings. The van der Waals surface area contributed by atoms with Gasteiger partial charge in [-0.1, -0.05) is 13.8 Å². The largest absolute Gasteiger partial charge is 0.377 e. The zero-order valence-electron chi connectivity index (χ0n) is 13.1. The summed E-state index contributed by atoms with van der Waals surface area (Å²) in [6.45, 7) is 12.3. The van der Waals surface area contributed by atoms with E-state index in [0.29, 0.717) is 12.1 Å². The normalized spacial score (nSPS) is 19.9. The van der Waals surface area contributed by atoms with E-state index < -0.39 is 0 Å². The fraction of sp³-hybridized carbons (Fsp3) is 0.800. The fourth-order valence-corrected chi connectivity index (χ4v) is 3.54. The Kier molecular flexibility index (Phi) is 5.81. The van der Waals surface area contributed by atoms with Crippen LogP contribution in [-0.4, -0.2) is 36.8 Å². The lowest BCUT2D eigenvalue weighted by atomic mass is 10.1. The number of thiazole rings is 1. The minimum Gasteiger partial charge on any atom is -0.377 e. The number of ether oxygens (including phenoxy) is 1. The first kappa shape index (κ1) is 15.7. The van der Waals surface area contributed by atoms with E-state index >= 15 is 0 Å². The van der Waals surface area contributed by atoms with Crippen molar-refractivity contribution in [1.29, 1.82) is 0 Å². The summed E-state index contributed by atoms with van der Waals surface area (Å²) >= 11 is 1.82. The van der Waals surface area contributed by atoms with Crippen molar-refractivity contribution in [3.63, 3.8) is 0 Å². The Hall–Kier alpha value is -0.650. The first-order chi connectivity index (χ1) is 9.60. The highest BCUT2D eigenvalue weighted by atomic mass is 32.1. The van der Waals surface area contributed by atoms with Crippen LogP contribution in [0.2, 0.25) is 0 Å². The zero-order chi connectivity index (χ0) is 14.5. The van der Waals surface area contributed by atoms with Crippen molar-refractivity contribution in [3.8, 4) is 0 Å². The fourth-order valence-electron chi connectivity index (χ4n) is 2.49. The lowest BCUT2D eigenvalue weighted by molar-refractivity contribution is 0.0526. The summed E-state index contributed by atoms with van der Waals surface area (Å²) in [7, 11) is 0. The van der Waals surface area contributed by atoms with E-state index in [4.69, 9.17) is 9.72 Å². The third-order valence-electron chi connectivity index (χ3n) is 3.60. The quantitative estimate of drug-likeness (QED) is 0.876. The predicted molar refractivity (Wildman–Crippen MR) is 85.7 cm³/mol. The number of nitrogens with zero attached hydrogens (tertiary/aromatic N) is 2. The van der Waals surface area contributed by atoms with Gasteiger partial charge in [0.05, 0.1) is 11.8 Å². The Balaban J connectivity index is 1.99. The van der Waals surface area contributed by atoms with E-state index in [2.05, 4.69) is 37.9 Å². The van der Waals surface area contributed by atoms with Crippen molar-refractivity contribution in [2.75, 3.05) is 24.6 Å². The SMILES string of the molecule is CCOC1CCCN(c2nc(C)c(CNC(C)C)s2)C1. The van der Waals surface area contributed by atoms with Crippen LogP contribution >= 0.6 is 11.3 Å². The van der Waals surface area contributed by atoms with Crippen molar-refractivity contribution in [3.05, 3.63) is 10.6 Å². The molecule has 1 fully saturated rings. The van der Waals surface area contributed by atoms with E-state index in [9.17, 15) is 0 Å². The Bertz CT molecular complexity index is 417. The number of piperidine rings is 1. The number of aromatic nitrogens is 1. The molecule has 1 aromatic heterocycles. The van der Waals surface area contributed by atoms with Crippen LogP contribution in [0, 0.1) is 6.92 Å². The van der Waals surface area contributed by atoms with Gasteiger partial charge in [-0.2, -0.15) is 0 Å². The van der Waals surface area contributed by atoms with Gasteiger partial charge in [0.2, 0.25) is 0 Å². The second-order valence-electron chi connectivity index (χ2n) is 5.71. The molecule has 0 saturated carbocycles. The number of nitrogens with one attached hydrogen (secondary N) is 1. The van der Waals surface area contributed by atoms with Crippen molar-refractivity contribution in [2.24, 2.45) is 0 Å². The van der Waals surface area contributed by atoms with Crippen LogP contribution in [0.3, 0.4) is 0 Å². The third-order valence-corrected chi connectivity index (χ3v) is 4.82. The first-order valence-electron chi connectivity index (χ1n) is 7.66. The summed E-state index contributed by atoms with van der Waals surface area (Å²) in [5.41, 5.74) is 1.16. The van der Waals surface area contributed by atoms with E-state index in [1.54, 1.807) is 0 Å². The van der Waals surface area contributed by atoms with Crippen LogP contribution in [0.4, 0.5) is 5.13 Å². The van der Waals surface area contributed by atoms with Gasteiger partial charge in [0, 0.05) is 37.2 Å². The molecule has 1 unspecified atom stereocenters. The number of rotatable bonds is 6. The van der Waals surface area contributed by atoms with E-state index in [0.717, 1.165) is 37.1 Å². The molecule has 2 rings (SSSR count). The summed E-state index contributed by atoms with van der Waals surface area (Å²) in [5, 5.41) is 4.63. The van der Waals surface area contributed by atoms with Gasteiger partial charge in [-0.3, -0.25) is 0 Å². The van der Waals surface area contributed by atoms with E-state index in [-0.39, 0.29) is 0 Å². The van der Waals surface area contributed by atoms with Crippen LogP contribution < -0.4 is 10.2 Å². The minimum atomic E-state index is 0.371.